The standard InChI is InChI=1S/C21H24N2O2/c1-15-6-3-4-7-19(15)16(2)22-21(25)18-11-9-17(10-12-18)14-23-13-5-8-20(23)24/h3-4,6-7,9-12,16H,5,8,13-14H2,1-2H3,(H,22,25). The van der Waals surface area contributed by atoms with Gasteiger partial charge in [0.05, 0.1) is 6.04 Å². The highest BCUT2D eigenvalue weighted by atomic mass is 16.2. The van der Waals surface area contributed by atoms with Crippen LogP contribution in [0.2, 0.25) is 0 Å². The Morgan fingerprint density at radius 1 is 1.16 bits per heavy atom. The van der Waals surface area contributed by atoms with Gasteiger partial charge in [0, 0.05) is 25.1 Å². The molecule has 4 heteroatoms. The van der Waals surface area contributed by atoms with Crippen molar-refractivity contribution in [1.29, 1.82) is 0 Å². The monoisotopic (exact) mass is 336 g/mol. The van der Waals surface area contributed by atoms with E-state index in [1.807, 2.05) is 67.3 Å². The lowest BCUT2D eigenvalue weighted by molar-refractivity contribution is -0.128. The van der Waals surface area contributed by atoms with E-state index in [9.17, 15) is 9.59 Å². The van der Waals surface area contributed by atoms with E-state index in [2.05, 4.69) is 5.32 Å². The molecule has 0 aromatic heterocycles. The van der Waals surface area contributed by atoms with Gasteiger partial charge in [-0.2, -0.15) is 0 Å². The lowest BCUT2D eigenvalue weighted by atomic mass is 10.0. The predicted molar refractivity (Wildman–Crippen MR) is 98.2 cm³/mol. The summed E-state index contributed by atoms with van der Waals surface area (Å²) in [4.78, 5) is 26.0. The van der Waals surface area contributed by atoms with E-state index in [1.165, 1.54) is 5.56 Å². The molecule has 1 fully saturated rings. The summed E-state index contributed by atoms with van der Waals surface area (Å²) in [6.07, 6.45) is 1.59. The van der Waals surface area contributed by atoms with Gasteiger partial charge in [0.25, 0.3) is 5.91 Å². The molecule has 2 aromatic carbocycles. The lowest BCUT2D eigenvalue weighted by Crippen LogP contribution is -2.27. The second-order valence-electron chi connectivity index (χ2n) is 6.67. The number of carbonyl (C=O) groups is 2. The summed E-state index contributed by atoms with van der Waals surface area (Å²) in [6.45, 7) is 5.50. The Kier molecular flexibility index (Phi) is 5.17. The van der Waals surface area contributed by atoms with E-state index in [0.717, 1.165) is 24.1 Å². The van der Waals surface area contributed by atoms with Crippen molar-refractivity contribution in [2.75, 3.05) is 6.54 Å². The first kappa shape index (κ1) is 17.2. The average Bonchev–Trinajstić information content (AvgIpc) is 3.00. The Labute approximate surface area is 148 Å². The van der Waals surface area contributed by atoms with Gasteiger partial charge in [-0.05, 0) is 49.1 Å². The topological polar surface area (TPSA) is 49.4 Å². The predicted octanol–water partition coefficient (Wildman–Crippen LogP) is 3.61. The third-order valence-corrected chi connectivity index (χ3v) is 4.76. The molecule has 1 N–H and O–H groups in total. The van der Waals surface area contributed by atoms with Crippen molar-refractivity contribution in [3.8, 4) is 0 Å². The van der Waals surface area contributed by atoms with Crippen LogP contribution in [0.15, 0.2) is 48.5 Å². The van der Waals surface area contributed by atoms with Gasteiger partial charge < -0.3 is 10.2 Å². The fraction of sp³-hybridized carbons (Fsp3) is 0.333. The molecule has 3 rings (SSSR count). The van der Waals surface area contributed by atoms with Crippen molar-refractivity contribution in [1.82, 2.24) is 10.2 Å². The van der Waals surface area contributed by atoms with Crippen LogP contribution >= 0.6 is 0 Å². The molecule has 0 saturated carbocycles. The minimum atomic E-state index is -0.0837. The van der Waals surface area contributed by atoms with Gasteiger partial charge in [-0.15, -0.1) is 0 Å². The highest BCUT2D eigenvalue weighted by Crippen LogP contribution is 2.18. The summed E-state index contributed by atoms with van der Waals surface area (Å²) >= 11 is 0. The number of carbonyl (C=O) groups excluding carboxylic acids is 2. The summed E-state index contributed by atoms with van der Waals surface area (Å²) in [5.41, 5.74) is 3.98. The quantitative estimate of drug-likeness (QED) is 0.907. The van der Waals surface area contributed by atoms with Crippen molar-refractivity contribution in [2.45, 2.75) is 39.3 Å². The van der Waals surface area contributed by atoms with Crippen LogP contribution in [0.3, 0.4) is 0 Å². The fourth-order valence-corrected chi connectivity index (χ4v) is 3.28. The van der Waals surface area contributed by atoms with Gasteiger partial charge in [-0.1, -0.05) is 36.4 Å². The molecule has 0 bridgehead atoms. The molecule has 0 aliphatic carbocycles. The van der Waals surface area contributed by atoms with Gasteiger partial charge >= 0.3 is 0 Å². The minimum absolute atomic E-state index is 0.0457. The van der Waals surface area contributed by atoms with Crippen LogP contribution in [0.5, 0.6) is 0 Å². The smallest absolute Gasteiger partial charge is 0.251 e. The summed E-state index contributed by atoms with van der Waals surface area (Å²) < 4.78 is 0. The average molecular weight is 336 g/mol. The maximum Gasteiger partial charge on any atom is 0.251 e. The van der Waals surface area contributed by atoms with Gasteiger partial charge in [0.15, 0.2) is 0 Å². The van der Waals surface area contributed by atoms with E-state index in [-0.39, 0.29) is 17.9 Å². The Bertz CT molecular complexity index is 768. The van der Waals surface area contributed by atoms with E-state index in [0.29, 0.717) is 18.5 Å². The molecule has 1 heterocycles. The normalized spacial score (nSPS) is 15.3. The molecule has 1 saturated heterocycles. The highest BCUT2D eigenvalue weighted by molar-refractivity contribution is 5.94. The second kappa shape index (κ2) is 7.51. The Balaban J connectivity index is 1.62. The van der Waals surface area contributed by atoms with Crippen molar-refractivity contribution in [2.24, 2.45) is 0 Å². The Hall–Kier alpha value is -2.62. The molecule has 2 amide bonds. The first-order valence-corrected chi connectivity index (χ1v) is 8.77. The molecular weight excluding hydrogens is 312 g/mol. The van der Waals surface area contributed by atoms with Crippen molar-refractivity contribution in [3.63, 3.8) is 0 Å². The molecule has 1 atom stereocenters. The molecule has 2 aromatic rings. The second-order valence-corrected chi connectivity index (χ2v) is 6.67. The molecule has 0 radical (unpaired) electrons. The van der Waals surface area contributed by atoms with Gasteiger partial charge in [0.2, 0.25) is 5.91 Å². The van der Waals surface area contributed by atoms with Crippen LogP contribution in [-0.4, -0.2) is 23.3 Å². The summed E-state index contributed by atoms with van der Waals surface area (Å²) in [5.74, 6) is 0.133. The van der Waals surface area contributed by atoms with Crippen LogP contribution in [0, 0.1) is 6.92 Å². The molecule has 4 nitrogen and oxygen atoms in total. The summed E-state index contributed by atoms with van der Waals surface area (Å²) in [7, 11) is 0. The Morgan fingerprint density at radius 2 is 1.88 bits per heavy atom. The van der Waals surface area contributed by atoms with Crippen LogP contribution in [0.1, 0.15) is 52.9 Å². The van der Waals surface area contributed by atoms with Crippen LogP contribution < -0.4 is 5.32 Å². The number of rotatable bonds is 5. The summed E-state index contributed by atoms with van der Waals surface area (Å²) in [6, 6.07) is 15.5. The first-order valence-electron chi connectivity index (χ1n) is 8.77. The molecule has 1 aliphatic rings. The number of likely N-dealkylation sites (tertiary alicyclic amines) is 1. The number of nitrogens with zero attached hydrogens (tertiary/aromatic N) is 1. The SMILES string of the molecule is Cc1ccccc1C(C)NC(=O)c1ccc(CN2CCCC2=O)cc1. The third-order valence-electron chi connectivity index (χ3n) is 4.76. The van der Waals surface area contributed by atoms with E-state index in [4.69, 9.17) is 0 Å². The zero-order chi connectivity index (χ0) is 17.8. The minimum Gasteiger partial charge on any atom is -0.346 e. The van der Waals surface area contributed by atoms with E-state index < -0.39 is 0 Å². The molecule has 0 spiro atoms. The number of amides is 2. The van der Waals surface area contributed by atoms with Crippen LogP contribution in [-0.2, 0) is 11.3 Å². The van der Waals surface area contributed by atoms with Crippen LogP contribution in [0.25, 0.3) is 0 Å². The van der Waals surface area contributed by atoms with E-state index in [1.54, 1.807) is 0 Å². The number of benzene rings is 2. The van der Waals surface area contributed by atoms with Crippen molar-refractivity contribution < 1.29 is 9.59 Å². The molecule has 1 aliphatic heterocycles. The maximum absolute atomic E-state index is 12.5. The zero-order valence-electron chi connectivity index (χ0n) is 14.8. The van der Waals surface area contributed by atoms with Gasteiger partial charge in [-0.3, -0.25) is 9.59 Å². The lowest BCUT2D eigenvalue weighted by Gasteiger charge is -2.17. The van der Waals surface area contributed by atoms with E-state index >= 15 is 0 Å². The van der Waals surface area contributed by atoms with Gasteiger partial charge in [0.1, 0.15) is 0 Å². The molecule has 1 unspecified atom stereocenters. The molecule has 25 heavy (non-hydrogen) atoms. The molecular formula is C21H24N2O2. The van der Waals surface area contributed by atoms with Crippen LogP contribution in [0.4, 0.5) is 0 Å². The molecule has 130 valence electrons. The maximum atomic E-state index is 12.5. The number of hydrogen-bond donors (Lipinski definition) is 1. The highest BCUT2D eigenvalue weighted by Gasteiger charge is 2.20. The van der Waals surface area contributed by atoms with Crippen molar-refractivity contribution >= 4 is 11.8 Å². The number of nitrogens with one attached hydrogen (secondary N) is 1. The Morgan fingerprint density at radius 3 is 2.52 bits per heavy atom. The largest absolute Gasteiger partial charge is 0.346 e. The number of aryl methyl sites for hydroxylation is 1. The fourth-order valence-electron chi connectivity index (χ4n) is 3.28. The van der Waals surface area contributed by atoms with Crippen molar-refractivity contribution in [3.05, 3.63) is 70.8 Å². The number of hydrogen-bond acceptors (Lipinski definition) is 2. The zero-order valence-corrected chi connectivity index (χ0v) is 14.8. The first-order chi connectivity index (χ1) is 12.0. The third kappa shape index (κ3) is 4.08. The van der Waals surface area contributed by atoms with Gasteiger partial charge in [-0.25, -0.2) is 0 Å². The summed E-state index contributed by atoms with van der Waals surface area (Å²) in [5, 5.41) is 3.05.